The van der Waals surface area contributed by atoms with Crippen LogP contribution in [0.25, 0.3) is 0 Å². The average molecular weight is 327 g/mol. The topological polar surface area (TPSA) is 78.2 Å². The molecule has 24 heavy (non-hydrogen) atoms. The van der Waals surface area contributed by atoms with Crippen LogP contribution in [0.3, 0.4) is 0 Å². The lowest BCUT2D eigenvalue weighted by Crippen LogP contribution is -2.58. The van der Waals surface area contributed by atoms with Gasteiger partial charge in [-0.25, -0.2) is 0 Å². The van der Waals surface area contributed by atoms with Gasteiger partial charge >= 0.3 is 0 Å². The highest BCUT2D eigenvalue weighted by Crippen LogP contribution is 2.66. The number of carbonyl (C=O) groups is 2. The molecule has 0 amide bonds. The predicted octanol–water partition coefficient (Wildman–Crippen LogP) is 2.95. The van der Waals surface area contributed by atoms with Crippen molar-refractivity contribution in [1.29, 1.82) is 5.26 Å². The summed E-state index contributed by atoms with van der Waals surface area (Å²) in [6.45, 7) is 4.11. The van der Waals surface area contributed by atoms with Crippen molar-refractivity contribution in [1.82, 2.24) is 0 Å². The number of hydrogen-bond donors (Lipinski definition) is 1. The Hall–Kier alpha value is -1.47. The maximum Gasteiger partial charge on any atom is 0.157 e. The van der Waals surface area contributed by atoms with Crippen molar-refractivity contribution in [3.63, 3.8) is 0 Å². The molecular formula is C20H25NO3. The minimum atomic E-state index is -1.38. The number of hydrogen-bond acceptors (Lipinski definition) is 4. The first-order valence-corrected chi connectivity index (χ1v) is 9.15. The average Bonchev–Trinajstić information content (AvgIpc) is 2.79. The Labute approximate surface area is 142 Å². The van der Waals surface area contributed by atoms with Gasteiger partial charge in [-0.1, -0.05) is 19.4 Å². The summed E-state index contributed by atoms with van der Waals surface area (Å²) in [6.07, 6.45) is 6.43. The molecule has 4 rings (SSSR count). The Morgan fingerprint density at radius 1 is 1.21 bits per heavy atom. The van der Waals surface area contributed by atoms with Crippen molar-refractivity contribution < 1.29 is 14.7 Å². The molecular weight excluding hydrogens is 302 g/mol. The van der Waals surface area contributed by atoms with Crippen LogP contribution < -0.4 is 0 Å². The minimum absolute atomic E-state index is 0.0512. The van der Waals surface area contributed by atoms with Crippen molar-refractivity contribution in [2.75, 3.05) is 0 Å². The molecule has 4 nitrogen and oxygen atoms in total. The summed E-state index contributed by atoms with van der Waals surface area (Å²) in [5.74, 6) is 0.782. The van der Waals surface area contributed by atoms with Gasteiger partial charge in [0.25, 0.3) is 0 Å². The summed E-state index contributed by atoms with van der Waals surface area (Å²) in [4.78, 5) is 25.0. The molecule has 3 fully saturated rings. The van der Waals surface area contributed by atoms with E-state index < -0.39 is 11.0 Å². The zero-order chi connectivity index (χ0) is 17.3. The van der Waals surface area contributed by atoms with E-state index in [4.69, 9.17) is 0 Å². The second-order valence-corrected chi connectivity index (χ2v) is 8.91. The number of nitrogens with zero attached hydrogens (tertiary/aromatic N) is 1. The Morgan fingerprint density at radius 2 is 1.96 bits per heavy atom. The number of nitriles is 1. The predicted molar refractivity (Wildman–Crippen MR) is 87.7 cm³/mol. The Bertz CT molecular complexity index is 704. The lowest BCUT2D eigenvalue weighted by molar-refractivity contribution is -0.153. The first-order valence-electron chi connectivity index (χ1n) is 9.15. The Balaban J connectivity index is 1.77. The molecule has 4 aliphatic rings. The first kappa shape index (κ1) is 16.0. The van der Waals surface area contributed by atoms with E-state index in [2.05, 4.69) is 13.0 Å². The van der Waals surface area contributed by atoms with Crippen LogP contribution >= 0.6 is 0 Å². The van der Waals surface area contributed by atoms with Crippen molar-refractivity contribution in [3.8, 4) is 6.07 Å². The van der Waals surface area contributed by atoms with E-state index in [-0.39, 0.29) is 34.7 Å². The molecule has 0 heterocycles. The summed E-state index contributed by atoms with van der Waals surface area (Å²) in [5.41, 5.74) is -1.05. The van der Waals surface area contributed by atoms with E-state index in [1.165, 1.54) is 0 Å². The van der Waals surface area contributed by atoms with Crippen LogP contribution in [0.1, 0.15) is 58.8 Å². The van der Waals surface area contributed by atoms with Crippen LogP contribution in [0.5, 0.6) is 0 Å². The zero-order valence-corrected chi connectivity index (χ0v) is 14.5. The van der Waals surface area contributed by atoms with Gasteiger partial charge in [0.05, 0.1) is 6.07 Å². The molecule has 0 aromatic rings. The van der Waals surface area contributed by atoms with E-state index in [9.17, 15) is 20.0 Å². The number of rotatable bonds is 0. The Morgan fingerprint density at radius 3 is 2.67 bits per heavy atom. The van der Waals surface area contributed by atoms with E-state index in [0.29, 0.717) is 19.3 Å². The molecule has 0 aromatic heterocycles. The van der Waals surface area contributed by atoms with E-state index in [1.54, 1.807) is 6.08 Å². The molecule has 0 radical (unpaired) electrons. The third-order valence-electron chi connectivity index (χ3n) is 7.99. The first-order chi connectivity index (χ1) is 11.2. The summed E-state index contributed by atoms with van der Waals surface area (Å²) in [5, 5.41) is 20.3. The molecule has 0 bridgehead atoms. The molecule has 1 N–H and O–H groups in total. The lowest BCUT2D eigenvalue weighted by Gasteiger charge is -2.57. The van der Waals surface area contributed by atoms with E-state index in [0.717, 1.165) is 31.3 Å². The van der Waals surface area contributed by atoms with Gasteiger partial charge in [-0.05, 0) is 55.4 Å². The molecule has 6 atom stereocenters. The van der Waals surface area contributed by atoms with Crippen LogP contribution in [-0.2, 0) is 9.59 Å². The van der Waals surface area contributed by atoms with E-state index in [1.807, 2.05) is 6.92 Å². The molecule has 0 saturated heterocycles. The van der Waals surface area contributed by atoms with Gasteiger partial charge in [-0.2, -0.15) is 5.26 Å². The van der Waals surface area contributed by atoms with Crippen molar-refractivity contribution in [3.05, 3.63) is 11.6 Å². The van der Waals surface area contributed by atoms with Crippen molar-refractivity contribution in [2.24, 2.45) is 28.6 Å². The summed E-state index contributed by atoms with van der Waals surface area (Å²) < 4.78 is 0. The maximum atomic E-state index is 13.2. The summed E-state index contributed by atoms with van der Waals surface area (Å²) in [6, 6.07) is 2.12. The van der Waals surface area contributed by atoms with Gasteiger partial charge in [0, 0.05) is 24.2 Å². The van der Waals surface area contributed by atoms with Gasteiger partial charge in [0.15, 0.2) is 11.4 Å². The standard InChI is InChI=1S/C20H25NO3/c1-18-7-5-13(22)9-12(18)3-4-14-15-6-8-20(24,11-21)19(15,2)10-16(23)17(14)18/h9,14-15,17,24H,3-8,10H2,1-2H3/t14-,15+,17+,18+,19+,20+/m1/s1. The lowest BCUT2D eigenvalue weighted by atomic mass is 9.46. The molecule has 4 heteroatoms. The second-order valence-electron chi connectivity index (χ2n) is 8.91. The fraction of sp³-hybridized carbons (Fsp3) is 0.750. The van der Waals surface area contributed by atoms with Crippen LogP contribution in [0, 0.1) is 39.9 Å². The van der Waals surface area contributed by atoms with Crippen molar-refractivity contribution in [2.45, 2.75) is 64.4 Å². The van der Waals surface area contributed by atoms with Crippen LogP contribution in [-0.4, -0.2) is 22.3 Å². The van der Waals surface area contributed by atoms with Gasteiger partial charge < -0.3 is 5.11 Å². The monoisotopic (exact) mass is 327 g/mol. The SMILES string of the molecule is C[C@]12CCC(=O)C=C1CC[C@H]1[C@H]2C(=O)C[C@@]2(C)[C@H]1CC[C@]2(O)C#N. The van der Waals surface area contributed by atoms with Crippen molar-refractivity contribution >= 4 is 11.6 Å². The molecule has 0 unspecified atom stereocenters. The maximum absolute atomic E-state index is 13.2. The highest BCUT2D eigenvalue weighted by Gasteiger charge is 2.66. The van der Waals surface area contributed by atoms with Gasteiger partial charge in [-0.3, -0.25) is 9.59 Å². The molecule has 128 valence electrons. The van der Waals surface area contributed by atoms with Crippen LogP contribution in [0.15, 0.2) is 11.6 Å². The molecule has 3 saturated carbocycles. The van der Waals surface area contributed by atoms with Crippen LogP contribution in [0.4, 0.5) is 0 Å². The number of fused-ring (bicyclic) bond motifs is 5. The third-order valence-corrected chi connectivity index (χ3v) is 7.99. The highest BCUT2D eigenvalue weighted by atomic mass is 16.3. The zero-order valence-electron chi connectivity index (χ0n) is 14.5. The number of aliphatic hydroxyl groups is 1. The summed E-state index contributed by atoms with van der Waals surface area (Å²) >= 11 is 0. The number of allylic oxidation sites excluding steroid dienone is 1. The smallest absolute Gasteiger partial charge is 0.157 e. The van der Waals surface area contributed by atoms with Gasteiger partial charge in [-0.15, -0.1) is 0 Å². The van der Waals surface area contributed by atoms with Gasteiger partial charge in [0.2, 0.25) is 0 Å². The molecule has 0 spiro atoms. The molecule has 0 aromatic carbocycles. The highest BCUT2D eigenvalue weighted by molar-refractivity contribution is 5.93. The molecule has 0 aliphatic heterocycles. The third kappa shape index (κ3) is 1.77. The van der Waals surface area contributed by atoms with Crippen LogP contribution in [0.2, 0.25) is 0 Å². The number of ketones is 2. The normalized spacial score (nSPS) is 50.4. The number of Topliss-reactive ketones (excluding diaryl/α,β-unsaturated/α-hetero) is 1. The number of carbonyl (C=O) groups excluding carboxylic acids is 2. The fourth-order valence-electron chi connectivity index (χ4n) is 6.57. The largest absolute Gasteiger partial charge is 0.375 e. The molecule has 4 aliphatic carbocycles. The Kier molecular flexibility index (Phi) is 3.20. The quantitative estimate of drug-likeness (QED) is 0.694. The van der Waals surface area contributed by atoms with E-state index >= 15 is 0 Å². The van der Waals surface area contributed by atoms with Gasteiger partial charge in [0.1, 0.15) is 5.78 Å². The second kappa shape index (κ2) is 4.79. The fourth-order valence-corrected chi connectivity index (χ4v) is 6.57. The summed E-state index contributed by atoms with van der Waals surface area (Å²) in [7, 11) is 0. The minimum Gasteiger partial charge on any atom is -0.375 e.